The summed E-state index contributed by atoms with van der Waals surface area (Å²) in [6, 6.07) is 0. The Hall–Kier alpha value is -0.610. The minimum atomic E-state index is 0.0101. The summed E-state index contributed by atoms with van der Waals surface area (Å²) in [5.41, 5.74) is 5.75. The molecule has 1 saturated heterocycles. The molecular weight excluding hydrogens is 214 g/mol. The molecule has 0 radical (unpaired) electrons. The Morgan fingerprint density at radius 3 is 2.59 bits per heavy atom. The summed E-state index contributed by atoms with van der Waals surface area (Å²) in [7, 11) is 2.08. The van der Waals surface area contributed by atoms with Crippen LogP contribution < -0.4 is 5.73 Å². The van der Waals surface area contributed by atoms with Gasteiger partial charge in [0.25, 0.3) is 0 Å². The van der Waals surface area contributed by atoms with Crippen LogP contribution in [-0.2, 0) is 4.79 Å². The monoisotopic (exact) mass is 241 g/mol. The molecule has 1 amide bonds. The first kappa shape index (κ1) is 14.5. The molecule has 0 aromatic heterocycles. The fraction of sp³-hybridized carbons (Fsp3) is 0.923. The maximum Gasteiger partial charge on any atom is 0.227 e. The van der Waals surface area contributed by atoms with Crippen molar-refractivity contribution in [2.45, 2.75) is 27.2 Å². The lowest BCUT2D eigenvalue weighted by atomic mass is 9.92. The lowest BCUT2D eigenvalue weighted by molar-refractivity contribution is -0.136. The van der Waals surface area contributed by atoms with Crippen molar-refractivity contribution in [3.63, 3.8) is 0 Å². The molecule has 1 rings (SSSR count). The van der Waals surface area contributed by atoms with Crippen LogP contribution in [0.5, 0.6) is 0 Å². The van der Waals surface area contributed by atoms with Crippen LogP contribution in [-0.4, -0.2) is 55.5 Å². The number of nitrogens with zero attached hydrogens (tertiary/aromatic N) is 2. The van der Waals surface area contributed by atoms with E-state index in [-0.39, 0.29) is 11.3 Å². The van der Waals surface area contributed by atoms with Gasteiger partial charge in [-0.2, -0.15) is 0 Å². The topological polar surface area (TPSA) is 49.6 Å². The van der Waals surface area contributed by atoms with Crippen molar-refractivity contribution in [1.82, 2.24) is 9.80 Å². The highest BCUT2D eigenvalue weighted by Gasteiger charge is 2.31. The summed E-state index contributed by atoms with van der Waals surface area (Å²) in [5.74, 6) is 0.492. The van der Waals surface area contributed by atoms with Gasteiger partial charge < -0.3 is 15.5 Å². The number of carbonyl (C=O) groups is 1. The predicted molar refractivity (Wildman–Crippen MR) is 70.7 cm³/mol. The first-order valence-electron chi connectivity index (χ1n) is 6.57. The number of rotatable bonds is 5. The number of carbonyl (C=O) groups excluding carboxylic acids is 1. The molecule has 1 heterocycles. The minimum absolute atomic E-state index is 0.0101. The Bertz CT molecular complexity index is 265. The van der Waals surface area contributed by atoms with E-state index in [0.717, 1.165) is 32.6 Å². The smallest absolute Gasteiger partial charge is 0.227 e. The van der Waals surface area contributed by atoms with Crippen molar-refractivity contribution in [3.05, 3.63) is 0 Å². The molecule has 4 nitrogen and oxygen atoms in total. The summed E-state index contributed by atoms with van der Waals surface area (Å²) < 4.78 is 0. The highest BCUT2D eigenvalue weighted by molar-refractivity contribution is 5.79. The molecule has 0 saturated carbocycles. The number of hydrogen-bond donors (Lipinski definition) is 1. The van der Waals surface area contributed by atoms with Crippen LogP contribution in [0, 0.1) is 11.3 Å². The van der Waals surface area contributed by atoms with Crippen LogP contribution >= 0.6 is 0 Å². The summed E-state index contributed by atoms with van der Waals surface area (Å²) in [6.07, 6.45) is 0.995. The largest absolute Gasteiger partial charge is 0.342 e. The van der Waals surface area contributed by atoms with Gasteiger partial charge in [-0.15, -0.1) is 0 Å². The zero-order chi connectivity index (χ0) is 13.1. The van der Waals surface area contributed by atoms with E-state index in [1.165, 1.54) is 0 Å². The Morgan fingerprint density at radius 1 is 1.53 bits per heavy atom. The first-order chi connectivity index (χ1) is 7.89. The second-order valence-corrected chi connectivity index (χ2v) is 5.97. The Morgan fingerprint density at radius 2 is 2.18 bits per heavy atom. The van der Waals surface area contributed by atoms with E-state index in [1.54, 1.807) is 0 Å². The second-order valence-electron chi connectivity index (χ2n) is 5.97. The van der Waals surface area contributed by atoms with Gasteiger partial charge in [0.1, 0.15) is 0 Å². The van der Waals surface area contributed by atoms with E-state index < -0.39 is 0 Å². The molecule has 0 aromatic rings. The van der Waals surface area contributed by atoms with Crippen LogP contribution in [0.4, 0.5) is 0 Å². The number of likely N-dealkylation sites (tertiary alicyclic amines) is 1. The normalized spacial score (nSPS) is 21.8. The fourth-order valence-electron chi connectivity index (χ4n) is 2.32. The second kappa shape index (κ2) is 5.83. The van der Waals surface area contributed by atoms with E-state index in [9.17, 15) is 4.79 Å². The van der Waals surface area contributed by atoms with Gasteiger partial charge in [-0.25, -0.2) is 0 Å². The third-order valence-electron chi connectivity index (χ3n) is 3.61. The van der Waals surface area contributed by atoms with Crippen molar-refractivity contribution in [2.24, 2.45) is 17.1 Å². The molecule has 1 fully saturated rings. The van der Waals surface area contributed by atoms with Crippen LogP contribution in [0.15, 0.2) is 0 Å². The molecule has 1 aliphatic heterocycles. The van der Waals surface area contributed by atoms with Crippen LogP contribution in [0.3, 0.4) is 0 Å². The maximum atomic E-state index is 12.4. The SMILES string of the molecule is CCN(CC(C)(C)CN)C(=O)C1CCN(C)C1. The van der Waals surface area contributed by atoms with E-state index in [1.807, 2.05) is 11.8 Å². The summed E-state index contributed by atoms with van der Waals surface area (Å²) >= 11 is 0. The third kappa shape index (κ3) is 3.96. The zero-order valence-electron chi connectivity index (χ0n) is 11.7. The third-order valence-corrected chi connectivity index (χ3v) is 3.61. The standard InChI is InChI=1S/C13H27N3O/c1-5-16(10-13(2,3)9-14)12(17)11-6-7-15(4)8-11/h11H,5-10,14H2,1-4H3. The van der Waals surface area contributed by atoms with Gasteiger partial charge in [0, 0.05) is 19.6 Å². The highest BCUT2D eigenvalue weighted by atomic mass is 16.2. The highest BCUT2D eigenvalue weighted by Crippen LogP contribution is 2.21. The van der Waals surface area contributed by atoms with E-state index >= 15 is 0 Å². The van der Waals surface area contributed by atoms with Gasteiger partial charge in [-0.3, -0.25) is 4.79 Å². The molecule has 4 heteroatoms. The Labute approximate surface area is 105 Å². The number of nitrogens with two attached hydrogens (primary N) is 1. The van der Waals surface area contributed by atoms with Crippen molar-refractivity contribution in [2.75, 3.05) is 39.8 Å². The Kier molecular flexibility index (Phi) is 4.95. The fourth-order valence-corrected chi connectivity index (χ4v) is 2.32. The molecule has 0 spiro atoms. The van der Waals surface area contributed by atoms with Crippen molar-refractivity contribution in [3.8, 4) is 0 Å². The molecule has 0 aromatic carbocycles. The summed E-state index contributed by atoms with van der Waals surface area (Å²) in [4.78, 5) is 16.6. The van der Waals surface area contributed by atoms with Gasteiger partial charge in [-0.1, -0.05) is 13.8 Å². The molecular formula is C13H27N3O. The van der Waals surface area contributed by atoms with Gasteiger partial charge in [-0.05, 0) is 38.9 Å². The lowest BCUT2D eigenvalue weighted by Gasteiger charge is -2.32. The molecule has 1 atom stereocenters. The van der Waals surface area contributed by atoms with E-state index in [2.05, 4.69) is 25.8 Å². The van der Waals surface area contributed by atoms with Gasteiger partial charge in [0.05, 0.1) is 5.92 Å². The van der Waals surface area contributed by atoms with Crippen molar-refractivity contribution >= 4 is 5.91 Å². The molecule has 2 N–H and O–H groups in total. The minimum Gasteiger partial charge on any atom is -0.342 e. The van der Waals surface area contributed by atoms with Crippen molar-refractivity contribution in [1.29, 1.82) is 0 Å². The van der Waals surface area contributed by atoms with Gasteiger partial charge >= 0.3 is 0 Å². The molecule has 17 heavy (non-hydrogen) atoms. The number of amides is 1. The van der Waals surface area contributed by atoms with Gasteiger partial charge in [0.2, 0.25) is 5.91 Å². The maximum absolute atomic E-state index is 12.4. The lowest BCUT2D eigenvalue weighted by Crippen LogP contribution is -2.44. The molecule has 0 aliphatic carbocycles. The van der Waals surface area contributed by atoms with Gasteiger partial charge in [0.15, 0.2) is 0 Å². The molecule has 100 valence electrons. The molecule has 1 unspecified atom stereocenters. The summed E-state index contributed by atoms with van der Waals surface area (Å²) in [6.45, 7) is 10.4. The number of hydrogen-bond acceptors (Lipinski definition) is 3. The van der Waals surface area contributed by atoms with E-state index in [4.69, 9.17) is 5.73 Å². The zero-order valence-corrected chi connectivity index (χ0v) is 11.7. The van der Waals surface area contributed by atoms with Crippen molar-refractivity contribution < 1.29 is 4.79 Å². The predicted octanol–water partition coefficient (Wildman–Crippen LogP) is 0.772. The van der Waals surface area contributed by atoms with Crippen LogP contribution in [0.1, 0.15) is 27.2 Å². The quantitative estimate of drug-likeness (QED) is 0.773. The average Bonchev–Trinajstić information content (AvgIpc) is 2.72. The summed E-state index contributed by atoms with van der Waals surface area (Å²) in [5, 5.41) is 0. The Balaban J connectivity index is 2.58. The average molecular weight is 241 g/mol. The first-order valence-corrected chi connectivity index (χ1v) is 6.57. The van der Waals surface area contributed by atoms with Crippen LogP contribution in [0.2, 0.25) is 0 Å². The molecule has 1 aliphatic rings. The van der Waals surface area contributed by atoms with E-state index in [0.29, 0.717) is 12.5 Å². The van der Waals surface area contributed by atoms with Crippen LogP contribution in [0.25, 0.3) is 0 Å². The molecule has 0 bridgehead atoms.